The molecule has 0 saturated heterocycles. The Bertz CT molecular complexity index is 994. The van der Waals surface area contributed by atoms with E-state index in [1.807, 2.05) is 54.9 Å². The number of nitrogens with zero attached hydrogens (tertiary/aromatic N) is 3. The highest BCUT2D eigenvalue weighted by molar-refractivity contribution is 5.89. The van der Waals surface area contributed by atoms with Crippen molar-refractivity contribution in [3.63, 3.8) is 0 Å². The molecule has 0 aliphatic rings. The average molecular weight is 343 g/mol. The van der Waals surface area contributed by atoms with E-state index in [2.05, 4.69) is 5.10 Å². The van der Waals surface area contributed by atoms with Crippen molar-refractivity contribution in [2.75, 3.05) is 0 Å². The highest BCUT2D eigenvalue weighted by Crippen LogP contribution is 2.19. The first-order valence-electron chi connectivity index (χ1n) is 8.10. The van der Waals surface area contributed by atoms with Crippen LogP contribution in [0.15, 0.2) is 60.7 Å². The molecular formula is C21H17N3O2. The fraction of sp³-hybridized carbons (Fsp3) is 0.0952. The van der Waals surface area contributed by atoms with Crippen LogP contribution in [0.3, 0.4) is 0 Å². The molecule has 5 heteroatoms. The van der Waals surface area contributed by atoms with Crippen molar-refractivity contribution < 1.29 is 9.53 Å². The van der Waals surface area contributed by atoms with Gasteiger partial charge in [0.15, 0.2) is 0 Å². The number of aryl methyl sites for hydroxylation is 1. The maximum Gasteiger partial charge on any atom is 0.336 e. The summed E-state index contributed by atoms with van der Waals surface area (Å²) in [7, 11) is 0. The lowest BCUT2D eigenvalue weighted by Crippen LogP contribution is -2.03. The van der Waals surface area contributed by atoms with Crippen molar-refractivity contribution in [3.8, 4) is 17.5 Å². The minimum atomic E-state index is -0.485. The highest BCUT2D eigenvalue weighted by atomic mass is 16.5. The molecule has 0 aliphatic heterocycles. The number of esters is 1. The third-order valence-corrected chi connectivity index (χ3v) is 3.94. The molecule has 0 bridgehead atoms. The first-order chi connectivity index (χ1) is 12.6. The largest absolute Gasteiger partial charge is 0.423 e. The topological polar surface area (TPSA) is 67.9 Å². The summed E-state index contributed by atoms with van der Waals surface area (Å²) in [6.45, 7) is 3.86. The van der Waals surface area contributed by atoms with Gasteiger partial charge in [0.1, 0.15) is 5.75 Å². The fourth-order valence-electron chi connectivity index (χ4n) is 2.62. The molecule has 0 spiro atoms. The molecule has 0 aliphatic carbocycles. The van der Waals surface area contributed by atoms with Gasteiger partial charge in [0.25, 0.3) is 0 Å². The predicted octanol–water partition coefficient (Wildman–Crippen LogP) is 3.98. The zero-order valence-corrected chi connectivity index (χ0v) is 14.5. The van der Waals surface area contributed by atoms with Gasteiger partial charge in [-0.15, -0.1) is 0 Å². The summed E-state index contributed by atoms with van der Waals surface area (Å²) >= 11 is 0. The molecule has 0 N–H and O–H groups in total. The molecule has 0 unspecified atom stereocenters. The second kappa shape index (κ2) is 7.49. The first-order valence-corrected chi connectivity index (χ1v) is 8.10. The van der Waals surface area contributed by atoms with Gasteiger partial charge in [0, 0.05) is 17.3 Å². The van der Waals surface area contributed by atoms with Gasteiger partial charge in [0.2, 0.25) is 0 Å². The minimum Gasteiger partial charge on any atom is -0.423 e. The lowest BCUT2D eigenvalue weighted by molar-refractivity contribution is -0.128. The summed E-state index contributed by atoms with van der Waals surface area (Å²) in [5.41, 5.74) is 4.13. The number of hydrogen-bond donors (Lipinski definition) is 0. The van der Waals surface area contributed by atoms with Gasteiger partial charge in [-0.1, -0.05) is 18.2 Å². The number of carbonyl (C=O) groups is 1. The Kier molecular flexibility index (Phi) is 4.95. The summed E-state index contributed by atoms with van der Waals surface area (Å²) in [5, 5.41) is 13.3. The van der Waals surface area contributed by atoms with Crippen LogP contribution < -0.4 is 4.74 Å². The van der Waals surface area contributed by atoms with E-state index in [1.165, 1.54) is 6.08 Å². The van der Waals surface area contributed by atoms with Crippen LogP contribution in [-0.4, -0.2) is 15.7 Å². The molecule has 2 aromatic carbocycles. The lowest BCUT2D eigenvalue weighted by Gasteiger charge is -2.03. The van der Waals surface area contributed by atoms with Crippen LogP contribution in [0.1, 0.15) is 22.5 Å². The van der Waals surface area contributed by atoms with Crippen molar-refractivity contribution in [2.24, 2.45) is 0 Å². The average Bonchev–Trinajstić information content (AvgIpc) is 2.95. The van der Waals surface area contributed by atoms with Crippen LogP contribution >= 0.6 is 0 Å². The Morgan fingerprint density at radius 2 is 1.81 bits per heavy atom. The van der Waals surface area contributed by atoms with Crippen molar-refractivity contribution in [2.45, 2.75) is 13.8 Å². The van der Waals surface area contributed by atoms with E-state index in [1.54, 1.807) is 30.3 Å². The van der Waals surface area contributed by atoms with Crippen LogP contribution in [0.4, 0.5) is 0 Å². The van der Waals surface area contributed by atoms with Crippen LogP contribution in [0, 0.1) is 25.2 Å². The summed E-state index contributed by atoms with van der Waals surface area (Å²) in [6.07, 6.45) is 3.09. The van der Waals surface area contributed by atoms with E-state index in [0.717, 1.165) is 22.6 Å². The number of aromatic nitrogens is 2. The number of ether oxygens (including phenoxy) is 1. The fourth-order valence-corrected chi connectivity index (χ4v) is 2.62. The number of para-hydroxylation sites is 1. The van der Waals surface area contributed by atoms with Crippen LogP contribution in [0.2, 0.25) is 0 Å². The summed E-state index contributed by atoms with van der Waals surface area (Å²) in [6, 6.07) is 18.2. The highest BCUT2D eigenvalue weighted by Gasteiger charge is 2.11. The normalized spacial score (nSPS) is 10.7. The van der Waals surface area contributed by atoms with Gasteiger partial charge in [-0.3, -0.25) is 0 Å². The number of carbonyl (C=O) groups excluding carboxylic acids is 1. The second-order valence-corrected chi connectivity index (χ2v) is 5.72. The Morgan fingerprint density at radius 3 is 2.46 bits per heavy atom. The monoisotopic (exact) mass is 343 g/mol. The van der Waals surface area contributed by atoms with Gasteiger partial charge in [0.05, 0.1) is 23.0 Å². The zero-order chi connectivity index (χ0) is 18.5. The predicted molar refractivity (Wildman–Crippen MR) is 98.9 cm³/mol. The van der Waals surface area contributed by atoms with E-state index in [9.17, 15) is 4.79 Å². The lowest BCUT2D eigenvalue weighted by atomic mass is 10.2. The molecule has 0 radical (unpaired) electrons. The molecule has 0 fully saturated rings. The number of nitriles is 1. The van der Waals surface area contributed by atoms with Crippen molar-refractivity contribution in [3.05, 3.63) is 83.2 Å². The van der Waals surface area contributed by atoms with E-state index in [4.69, 9.17) is 10.00 Å². The first kappa shape index (κ1) is 17.2. The molecule has 3 rings (SSSR count). The quantitative estimate of drug-likeness (QED) is 0.408. The zero-order valence-electron chi connectivity index (χ0n) is 14.5. The smallest absolute Gasteiger partial charge is 0.336 e. The van der Waals surface area contributed by atoms with Gasteiger partial charge in [-0.05, 0) is 56.3 Å². The van der Waals surface area contributed by atoms with Crippen molar-refractivity contribution in [1.82, 2.24) is 9.78 Å². The van der Waals surface area contributed by atoms with Crippen LogP contribution in [0.5, 0.6) is 5.75 Å². The molecule has 5 nitrogen and oxygen atoms in total. The van der Waals surface area contributed by atoms with Gasteiger partial charge >= 0.3 is 5.97 Å². The SMILES string of the molecule is Cc1nn(-c2ccccc2)c(C)c1C=CC(=O)Oc1ccc(C#N)cc1. The van der Waals surface area contributed by atoms with Gasteiger partial charge in [-0.25, -0.2) is 9.48 Å². The Hall–Kier alpha value is -3.65. The minimum absolute atomic E-state index is 0.395. The molecule has 0 saturated carbocycles. The molecule has 128 valence electrons. The molecule has 3 aromatic rings. The van der Waals surface area contributed by atoms with E-state index in [0.29, 0.717) is 11.3 Å². The van der Waals surface area contributed by atoms with Gasteiger partial charge in [-0.2, -0.15) is 10.4 Å². The summed E-state index contributed by atoms with van der Waals surface area (Å²) in [4.78, 5) is 12.0. The Morgan fingerprint density at radius 1 is 1.12 bits per heavy atom. The molecule has 1 heterocycles. The standard InChI is InChI=1S/C21H17N3O2/c1-15-20(16(2)24(23-15)18-6-4-3-5-7-18)12-13-21(25)26-19-10-8-17(14-22)9-11-19/h3-13H,1-2H3. The van der Waals surface area contributed by atoms with E-state index >= 15 is 0 Å². The molecule has 0 atom stereocenters. The molecule has 1 aromatic heterocycles. The molecular weight excluding hydrogens is 326 g/mol. The van der Waals surface area contributed by atoms with Crippen LogP contribution in [0.25, 0.3) is 11.8 Å². The molecule has 26 heavy (non-hydrogen) atoms. The summed E-state index contributed by atoms with van der Waals surface area (Å²) in [5.74, 6) is -0.0898. The van der Waals surface area contributed by atoms with E-state index < -0.39 is 5.97 Å². The molecule has 0 amide bonds. The van der Waals surface area contributed by atoms with E-state index in [-0.39, 0.29) is 0 Å². The maximum atomic E-state index is 12.0. The number of hydrogen-bond acceptors (Lipinski definition) is 4. The summed E-state index contributed by atoms with van der Waals surface area (Å²) < 4.78 is 7.09. The second-order valence-electron chi connectivity index (χ2n) is 5.72. The van der Waals surface area contributed by atoms with Crippen molar-refractivity contribution in [1.29, 1.82) is 5.26 Å². The third kappa shape index (κ3) is 3.70. The van der Waals surface area contributed by atoms with Crippen LogP contribution in [-0.2, 0) is 4.79 Å². The Labute approximate surface area is 151 Å². The Balaban J connectivity index is 1.77. The number of rotatable bonds is 4. The third-order valence-electron chi connectivity index (χ3n) is 3.94. The van der Waals surface area contributed by atoms with Gasteiger partial charge < -0.3 is 4.74 Å². The maximum absolute atomic E-state index is 12.0. The van der Waals surface area contributed by atoms with Crippen molar-refractivity contribution >= 4 is 12.0 Å². The number of benzene rings is 2.